The monoisotopic (exact) mass is 423 g/mol. The standard InChI is InChI=1S/C22H21N3O4S/c1-24-14-9-13(12-6-4-11(10-26)5-7-12)16(19(24)15-3-2-8-30-15)18-17(14)20(27)25(21(18)28)22(23)29/h2-9,14,16-19,26H,10H2,1H3,(H2,23,29). The Morgan fingerprint density at radius 2 is 1.80 bits per heavy atom. The second-order valence-electron chi connectivity index (χ2n) is 8.02. The van der Waals surface area contributed by atoms with Crippen molar-refractivity contribution in [3.8, 4) is 0 Å². The van der Waals surface area contributed by atoms with Gasteiger partial charge in [0, 0.05) is 16.8 Å². The Kier molecular flexibility index (Phi) is 4.39. The summed E-state index contributed by atoms with van der Waals surface area (Å²) >= 11 is 1.62. The molecule has 4 aliphatic rings. The SMILES string of the molecule is CN1C2C=C(c3ccc(CO)cc3)C(C3C(=O)N(C(N)=O)C(=O)C32)C1c1cccs1. The smallest absolute Gasteiger partial charge is 0.328 e. The van der Waals surface area contributed by atoms with Gasteiger partial charge in [0.1, 0.15) is 0 Å². The molecule has 6 rings (SSSR count). The van der Waals surface area contributed by atoms with E-state index in [2.05, 4.69) is 11.0 Å². The third-order valence-corrected chi connectivity index (χ3v) is 7.58. The van der Waals surface area contributed by atoms with Crippen LogP contribution in [0.3, 0.4) is 0 Å². The van der Waals surface area contributed by atoms with E-state index in [0.29, 0.717) is 4.90 Å². The molecule has 8 heteroatoms. The van der Waals surface area contributed by atoms with Gasteiger partial charge in [-0.05, 0) is 35.2 Å². The van der Waals surface area contributed by atoms with E-state index < -0.39 is 29.7 Å². The topological polar surface area (TPSA) is 104 Å². The fraction of sp³-hybridized carbons (Fsp3) is 0.318. The first-order valence-corrected chi connectivity index (χ1v) is 10.7. The Bertz CT molecular complexity index is 1060. The lowest BCUT2D eigenvalue weighted by Gasteiger charge is -2.53. The van der Waals surface area contributed by atoms with Crippen LogP contribution in [0.25, 0.3) is 5.57 Å². The summed E-state index contributed by atoms with van der Waals surface area (Å²) in [4.78, 5) is 41.9. The Hall–Kier alpha value is -2.81. The van der Waals surface area contributed by atoms with Crippen LogP contribution in [0, 0.1) is 17.8 Å². The Balaban J connectivity index is 1.67. The number of imide groups is 3. The number of likely N-dealkylation sites (tertiary alicyclic amines) is 1. The van der Waals surface area contributed by atoms with Crippen molar-refractivity contribution in [3.05, 3.63) is 63.9 Å². The average molecular weight is 423 g/mol. The summed E-state index contributed by atoms with van der Waals surface area (Å²) in [6.07, 6.45) is 2.06. The number of rotatable bonds is 3. The van der Waals surface area contributed by atoms with E-state index in [1.165, 1.54) is 0 Å². The van der Waals surface area contributed by atoms with Gasteiger partial charge in [-0.2, -0.15) is 4.90 Å². The van der Waals surface area contributed by atoms with E-state index in [9.17, 15) is 19.5 Å². The Morgan fingerprint density at radius 1 is 1.10 bits per heavy atom. The van der Waals surface area contributed by atoms with Crippen molar-refractivity contribution in [1.29, 1.82) is 0 Å². The number of carbonyl (C=O) groups excluding carboxylic acids is 3. The number of aliphatic hydroxyl groups is 1. The van der Waals surface area contributed by atoms with Crippen LogP contribution in [-0.4, -0.2) is 45.8 Å². The molecule has 5 atom stereocenters. The number of fused-ring (bicyclic) bond motifs is 1. The van der Waals surface area contributed by atoms with Gasteiger partial charge in [-0.15, -0.1) is 11.3 Å². The predicted molar refractivity (Wildman–Crippen MR) is 111 cm³/mol. The zero-order chi connectivity index (χ0) is 21.2. The number of likely N-dealkylation sites (N-methyl/N-ethyl adjacent to an activating group) is 1. The zero-order valence-corrected chi connectivity index (χ0v) is 17.1. The summed E-state index contributed by atoms with van der Waals surface area (Å²) in [6.45, 7) is -0.0444. The van der Waals surface area contributed by atoms with E-state index in [0.717, 1.165) is 21.6 Å². The molecule has 154 valence electrons. The van der Waals surface area contributed by atoms with Crippen LogP contribution < -0.4 is 5.73 Å². The van der Waals surface area contributed by atoms with Crippen LogP contribution in [0.2, 0.25) is 0 Å². The molecule has 0 radical (unpaired) electrons. The van der Waals surface area contributed by atoms with Crippen LogP contribution in [0.1, 0.15) is 22.0 Å². The summed E-state index contributed by atoms with van der Waals surface area (Å²) in [5, 5.41) is 11.4. The van der Waals surface area contributed by atoms with E-state index in [4.69, 9.17) is 5.73 Å². The molecule has 5 unspecified atom stereocenters. The van der Waals surface area contributed by atoms with Crippen LogP contribution in [-0.2, 0) is 16.2 Å². The maximum atomic E-state index is 13.2. The fourth-order valence-electron chi connectivity index (χ4n) is 5.36. The number of urea groups is 1. The molecule has 3 aliphatic heterocycles. The molecule has 30 heavy (non-hydrogen) atoms. The first-order chi connectivity index (χ1) is 14.4. The van der Waals surface area contributed by atoms with E-state index in [1.54, 1.807) is 11.3 Å². The lowest BCUT2D eigenvalue weighted by molar-refractivity contribution is -0.136. The summed E-state index contributed by atoms with van der Waals surface area (Å²) in [5.74, 6) is -2.54. The number of benzene rings is 1. The summed E-state index contributed by atoms with van der Waals surface area (Å²) in [7, 11) is 1.96. The highest BCUT2D eigenvalue weighted by molar-refractivity contribution is 7.10. The molecule has 0 spiro atoms. The quantitative estimate of drug-likeness (QED) is 0.735. The number of hydrogen-bond acceptors (Lipinski definition) is 6. The van der Waals surface area contributed by atoms with Crippen molar-refractivity contribution in [1.82, 2.24) is 9.80 Å². The number of aliphatic hydroxyl groups excluding tert-OH is 1. The minimum absolute atomic E-state index is 0.0444. The van der Waals surface area contributed by atoms with Gasteiger partial charge in [-0.1, -0.05) is 36.4 Å². The molecule has 4 amide bonds. The van der Waals surface area contributed by atoms with Crippen LogP contribution in [0.15, 0.2) is 47.9 Å². The van der Waals surface area contributed by atoms with Gasteiger partial charge in [0.15, 0.2) is 0 Å². The minimum atomic E-state index is -1.01. The molecule has 2 bridgehead atoms. The lowest BCUT2D eigenvalue weighted by Crippen LogP contribution is -2.57. The first-order valence-electron chi connectivity index (χ1n) is 9.78. The number of piperidine rings is 1. The second kappa shape index (κ2) is 6.87. The molecule has 2 aromatic rings. The molecule has 2 fully saturated rings. The van der Waals surface area contributed by atoms with Gasteiger partial charge >= 0.3 is 6.03 Å². The predicted octanol–water partition coefficient (Wildman–Crippen LogP) is 1.99. The van der Waals surface area contributed by atoms with Gasteiger partial charge in [0.05, 0.1) is 24.5 Å². The third kappa shape index (κ3) is 2.54. The maximum absolute atomic E-state index is 13.2. The molecule has 0 saturated carbocycles. The van der Waals surface area contributed by atoms with Crippen molar-refractivity contribution in [2.45, 2.75) is 18.7 Å². The van der Waals surface area contributed by atoms with Gasteiger partial charge in [0.25, 0.3) is 0 Å². The number of nitrogens with zero attached hydrogens (tertiary/aromatic N) is 2. The van der Waals surface area contributed by atoms with Crippen molar-refractivity contribution in [2.75, 3.05) is 7.05 Å². The number of amides is 4. The Morgan fingerprint density at radius 3 is 2.40 bits per heavy atom. The van der Waals surface area contributed by atoms with E-state index >= 15 is 0 Å². The molecule has 1 aromatic carbocycles. The summed E-state index contributed by atoms with van der Waals surface area (Å²) in [5.41, 5.74) is 8.13. The van der Waals surface area contributed by atoms with Crippen LogP contribution >= 0.6 is 11.3 Å². The molecule has 2 saturated heterocycles. The first kappa shape index (κ1) is 19.2. The summed E-state index contributed by atoms with van der Waals surface area (Å²) < 4.78 is 0. The maximum Gasteiger partial charge on any atom is 0.328 e. The van der Waals surface area contributed by atoms with Gasteiger partial charge in [-0.3, -0.25) is 14.5 Å². The number of primary amides is 1. The minimum Gasteiger partial charge on any atom is -0.392 e. The normalized spacial score (nSPS) is 30.5. The van der Waals surface area contributed by atoms with Crippen molar-refractivity contribution >= 4 is 34.8 Å². The number of hydrogen-bond donors (Lipinski definition) is 2. The molecule has 4 heterocycles. The highest BCUT2D eigenvalue weighted by Gasteiger charge is 2.64. The van der Waals surface area contributed by atoms with Crippen LogP contribution in [0.5, 0.6) is 0 Å². The number of carbonyl (C=O) groups is 3. The molecule has 3 N–H and O–H groups in total. The number of nitrogens with two attached hydrogens (primary N) is 1. The molecular formula is C22H21N3O4S. The lowest BCUT2D eigenvalue weighted by atomic mass is 9.61. The third-order valence-electron chi connectivity index (χ3n) is 6.64. The fourth-order valence-corrected chi connectivity index (χ4v) is 6.29. The summed E-state index contributed by atoms with van der Waals surface area (Å²) in [6, 6.07) is 10.2. The molecule has 7 nitrogen and oxygen atoms in total. The highest BCUT2D eigenvalue weighted by atomic mass is 32.1. The Labute approximate surface area is 177 Å². The average Bonchev–Trinajstić information content (AvgIpc) is 3.35. The largest absolute Gasteiger partial charge is 0.392 e. The molecule has 1 aromatic heterocycles. The van der Waals surface area contributed by atoms with Gasteiger partial charge < -0.3 is 10.8 Å². The van der Waals surface area contributed by atoms with Crippen molar-refractivity contribution in [2.24, 2.45) is 23.5 Å². The number of thiophene rings is 1. The van der Waals surface area contributed by atoms with Crippen LogP contribution in [0.4, 0.5) is 4.79 Å². The van der Waals surface area contributed by atoms with Gasteiger partial charge in [0.2, 0.25) is 11.8 Å². The van der Waals surface area contributed by atoms with E-state index in [-0.39, 0.29) is 24.6 Å². The van der Waals surface area contributed by atoms with Crippen molar-refractivity contribution in [3.63, 3.8) is 0 Å². The molecule has 1 aliphatic carbocycles. The zero-order valence-electron chi connectivity index (χ0n) is 16.3. The molecular weight excluding hydrogens is 402 g/mol. The van der Waals surface area contributed by atoms with E-state index in [1.807, 2.05) is 48.8 Å². The van der Waals surface area contributed by atoms with Gasteiger partial charge in [-0.25, -0.2) is 4.79 Å². The highest BCUT2D eigenvalue weighted by Crippen LogP contribution is 2.58. The van der Waals surface area contributed by atoms with Crippen molar-refractivity contribution < 1.29 is 19.5 Å². The second-order valence-corrected chi connectivity index (χ2v) is 9.00.